The van der Waals surface area contributed by atoms with Crippen LogP contribution in [-0.4, -0.2) is 22.7 Å². The molecule has 4 aromatic rings. The third-order valence-electron chi connectivity index (χ3n) is 4.67. The van der Waals surface area contributed by atoms with Gasteiger partial charge in [0.05, 0.1) is 27.0 Å². The van der Waals surface area contributed by atoms with E-state index < -0.39 is 11.8 Å². The lowest BCUT2D eigenvalue weighted by Gasteiger charge is -2.14. The van der Waals surface area contributed by atoms with Gasteiger partial charge in [0, 0.05) is 5.56 Å². The highest BCUT2D eigenvalue weighted by Crippen LogP contribution is 2.29. The molecule has 0 saturated heterocycles. The third kappa shape index (κ3) is 2.88. The molecule has 6 nitrogen and oxygen atoms in total. The number of nitrogens with zero attached hydrogens (tertiary/aromatic N) is 2. The van der Waals surface area contributed by atoms with Gasteiger partial charge in [-0.15, -0.1) is 0 Å². The Bertz CT molecular complexity index is 1240. The predicted octanol–water partition coefficient (Wildman–Crippen LogP) is 4.35. The smallest absolute Gasteiger partial charge is 0.266 e. The van der Waals surface area contributed by atoms with Gasteiger partial charge in [-0.05, 0) is 42.5 Å². The van der Waals surface area contributed by atoms with Gasteiger partial charge in [0.1, 0.15) is 0 Å². The maximum Gasteiger partial charge on any atom is 0.266 e. The first-order valence-corrected chi connectivity index (χ1v) is 9.68. The maximum absolute atomic E-state index is 12.7. The summed E-state index contributed by atoms with van der Waals surface area (Å²) in [7, 11) is 0. The molecule has 5 rings (SSSR count). The predicted molar refractivity (Wildman–Crippen MR) is 112 cm³/mol. The average molecular weight is 399 g/mol. The second-order valence-corrected chi connectivity index (χ2v) is 7.51. The Morgan fingerprint density at radius 1 is 0.862 bits per heavy atom. The van der Waals surface area contributed by atoms with Crippen LogP contribution in [-0.2, 0) is 0 Å². The quantitative estimate of drug-likeness (QED) is 0.520. The van der Waals surface area contributed by atoms with Crippen molar-refractivity contribution in [3.8, 4) is 0 Å². The zero-order valence-electron chi connectivity index (χ0n) is 15.0. The number of aromatic nitrogens is 1. The van der Waals surface area contributed by atoms with Crippen LogP contribution in [0.3, 0.4) is 0 Å². The maximum atomic E-state index is 12.7. The third-order valence-corrected chi connectivity index (χ3v) is 5.63. The normalized spacial score (nSPS) is 13.0. The summed E-state index contributed by atoms with van der Waals surface area (Å²) >= 11 is 1.38. The molecule has 140 valence electrons. The van der Waals surface area contributed by atoms with Crippen LogP contribution in [0.4, 0.5) is 10.8 Å². The fraction of sp³-hybridized carbons (Fsp3) is 0. The fourth-order valence-corrected chi connectivity index (χ4v) is 4.17. The van der Waals surface area contributed by atoms with Gasteiger partial charge in [-0.25, -0.2) is 9.88 Å². The van der Waals surface area contributed by atoms with Crippen molar-refractivity contribution < 1.29 is 14.4 Å². The molecule has 1 aliphatic rings. The number of carbonyl (C=O) groups excluding carboxylic acids is 3. The SMILES string of the molecule is O=C(Nc1nc2ccccc2s1)c1cccc(N2C(=O)c3ccccc3C2=O)c1. The lowest BCUT2D eigenvalue weighted by molar-refractivity contribution is 0.0924. The molecule has 1 aromatic heterocycles. The molecule has 0 spiro atoms. The van der Waals surface area contributed by atoms with E-state index in [1.165, 1.54) is 17.4 Å². The van der Waals surface area contributed by atoms with E-state index in [0.717, 1.165) is 15.1 Å². The first-order valence-electron chi connectivity index (χ1n) is 8.86. The van der Waals surface area contributed by atoms with Gasteiger partial charge in [0.25, 0.3) is 17.7 Å². The van der Waals surface area contributed by atoms with Crippen molar-refractivity contribution in [1.82, 2.24) is 4.98 Å². The van der Waals surface area contributed by atoms with Crippen molar-refractivity contribution in [2.45, 2.75) is 0 Å². The van der Waals surface area contributed by atoms with Gasteiger partial charge in [-0.2, -0.15) is 0 Å². The minimum atomic E-state index is -0.394. The van der Waals surface area contributed by atoms with Crippen LogP contribution in [0.15, 0.2) is 72.8 Å². The Hall–Kier alpha value is -3.84. The topological polar surface area (TPSA) is 79.4 Å². The first kappa shape index (κ1) is 17.3. The van der Waals surface area contributed by atoms with Gasteiger partial charge in [0.2, 0.25) is 0 Å². The molecule has 0 atom stereocenters. The summed E-state index contributed by atoms with van der Waals surface area (Å²) in [6, 6.07) is 20.7. The first-order chi connectivity index (χ1) is 14.1. The number of amides is 3. The number of rotatable bonds is 3. The fourth-order valence-electron chi connectivity index (χ4n) is 3.30. The second kappa shape index (κ2) is 6.65. The molecule has 3 amide bonds. The minimum absolute atomic E-state index is 0.332. The van der Waals surface area contributed by atoms with Crippen LogP contribution >= 0.6 is 11.3 Å². The van der Waals surface area contributed by atoms with Crippen LogP contribution in [0.25, 0.3) is 10.2 Å². The van der Waals surface area contributed by atoms with Crippen LogP contribution in [0.5, 0.6) is 0 Å². The van der Waals surface area contributed by atoms with E-state index in [1.807, 2.05) is 24.3 Å². The molecule has 0 aliphatic carbocycles. The molecule has 0 bridgehead atoms. The van der Waals surface area contributed by atoms with E-state index in [-0.39, 0.29) is 5.91 Å². The van der Waals surface area contributed by atoms with Gasteiger partial charge in [-0.1, -0.05) is 41.7 Å². The minimum Gasteiger partial charge on any atom is -0.298 e. The van der Waals surface area contributed by atoms with E-state index in [0.29, 0.717) is 27.5 Å². The van der Waals surface area contributed by atoms with Crippen LogP contribution in [0.2, 0.25) is 0 Å². The molecule has 7 heteroatoms. The summed E-state index contributed by atoms with van der Waals surface area (Å²) in [5, 5.41) is 3.27. The van der Waals surface area contributed by atoms with E-state index in [9.17, 15) is 14.4 Å². The Kier molecular flexibility index (Phi) is 3.96. The van der Waals surface area contributed by atoms with Crippen LogP contribution in [0, 0.1) is 0 Å². The van der Waals surface area contributed by atoms with E-state index in [2.05, 4.69) is 10.3 Å². The van der Waals surface area contributed by atoms with E-state index >= 15 is 0 Å². The summed E-state index contributed by atoms with van der Waals surface area (Å²) in [5.74, 6) is -1.15. The molecule has 2 heterocycles. The van der Waals surface area contributed by atoms with Crippen molar-refractivity contribution >= 4 is 50.1 Å². The summed E-state index contributed by atoms with van der Waals surface area (Å²) < 4.78 is 0.975. The molecule has 0 saturated carbocycles. The summed E-state index contributed by atoms with van der Waals surface area (Å²) in [5.41, 5.74) is 2.22. The monoisotopic (exact) mass is 399 g/mol. The number of hydrogen-bond donors (Lipinski definition) is 1. The van der Waals surface area contributed by atoms with Crippen LogP contribution < -0.4 is 10.2 Å². The van der Waals surface area contributed by atoms with Gasteiger partial charge in [0.15, 0.2) is 5.13 Å². The van der Waals surface area contributed by atoms with Crippen molar-refractivity contribution in [2.75, 3.05) is 10.2 Å². The summed E-state index contributed by atoms with van der Waals surface area (Å²) in [6.45, 7) is 0. The molecular weight excluding hydrogens is 386 g/mol. The summed E-state index contributed by atoms with van der Waals surface area (Å²) in [6.07, 6.45) is 0. The van der Waals surface area contributed by atoms with Crippen molar-refractivity contribution in [3.63, 3.8) is 0 Å². The lowest BCUT2D eigenvalue weighted by Crippen LogP contribution is -2.29. The van der Waals surface area contributed by atoms with E-state index in [1.54, 1.807) is 42.5 Å². The molecule has 1 aliphatic heterocycles. The second-order valence-electron chi connectivity index (χ2n) is 6.48. The number of benzene rings is 3. The number of fused-ring (bicyclic) bond motifs is 2. The van der Waals surface area contributed by atoms with Gasteiger partial charge >= 0.3 is 0 Å². The van der Waals surface area contributed by atoms with Gasteiger partial charge < -0.3 is 0 Å². The van der Waals surface area contributed by atoms with Gasteiger partial charge in [-0.3, -0.25) is 19.7 Å². The highest BCUT2D eigenvalue weighted by molar-refractivity contribution is 7.22. The Morgan fingerprint density at radius 3 is 2.28 bits per heavy atom. The average Bonchev–Trinajstić information content (AvgIpc) is 3.26. The zero-order chi connectivity index (χ0) is 20.0. The molecule has 0 unspecified atom stereocenters. The van der Waals surface area contributed by atoms with Crippen molar-refractivity contribution in [3.05, 3.63) is 89.5 Å². The Morgan fingerprint density at radius 2 is 1.55 bits per heavy atom. The lowest BCUT2D eigenvalue weighted by atomic mass is 10.1. The van der Waals surface area contributed by atoms with Crippen LogP contribution in [0.1, 0.15) is 31.1 Å². The highest BCUT2D eigenvalue weighted by Gasteiger charge is 2.36. The molecule has 3 aromatic carbocycles. The number of carbonyl (C=O) groups is 3. The number of anilines is 2. The van der Waals surface area contributed by atoms with Crippen molar-refractivity contribution in [1.29, 1.82) is 0 Å². The molecule has 1 N–H and O–H groups in total. The molecule has 29 heavy (non-hydrogen) atoms. The largest absolute Gasteiger partial charge is 0.298 e. The molecule has 0 radical (unpaired) electrons. The number of nitrogens with one attached hydrogen (secondary N) is 1. The highest BCUT2D eigenvalue weighted by atomic mass is 32.1. The van der Waals surface area contributed by atoms with Crippen molar-refractivity contribution in [2.24, 2.45) is 0 Å². The number of para-hydroxylation sites is 1. The zero-order valence-corrected chi connectivity index (χ0v) is 15.8. The number of hydrogen-bond acceptors (Lipinski definition) is 5. The molecular formula is C22H13N3O3S. The Labute approximate surface area is 169 Å². The number of thiazole rings is 1. The standard InChI is InChI=1S/C22H13N3O3S/c26-19(24-22-23-17-10-3-4-11-18(17)29-22)13-6-5-7-14(12-13)25-20(27)15-8-1-2-9-16(15)21(25)28/h1-12H,(H,23,24,26). The number of imide groups is 1. The Balaban J connectivity index is 1.43. The van der Waals surface area contributed by atoms with E-state index in [4.69, 9.17) is 0 Å². The summed E-state index contributed by atoms with van der Waals surface area (Å²) in [4.78, 5) is 43.6. The molecule has 0 fully saturated rings.